The minimum atomic E-state index is -1.03. The van der Waals surface area contributed by atoms with Crippen LogP contribution in [0.5, 0.6) is 0 Å². The fraction of sp³-hybridized carbons (Fsp3) is 0.375. The molecule has 1 N–H and O–H groups in total. The van der Waals surface area contributed by atoms with E-state index in [1.165, 1.54) is 0 Å². The molecule has 202 valence electrons. The van der Waals surface area contributed by atoms with Gasteiger partial charge in [-0.05, 0) is 29.5 Å². The number of aliphatic hydroxyl groups is 1. The highest BCUT2D eigenvalue weighted by molar-refractivity contribution is 5.15. The molecule has 0 spiro atoms. The molecule has 38 heavy (non-hydrogen) atoms. The minimum Gasteiger partial charge on any atom is -0.385 e. The second-order valence-electron chi connectivity index (χ2n) is 9.36. The molecule has 6 nitrogen and oxygen atoms in total. The predicted molar refractivity (Wildman–Crippen MR) is 146 cm³/mol. The van der Waals surface area contributed by atoms with E-state index in [4.69, 9.17) is 23.7 Å². The standard InChI is InChI=1S/C32H38O6/c1-2-3-13-20-35-32-29(33)31(37-23-27-18-11-6-12-19-27)30(36-22-26-16-9-5-10-17-26)28(38-32)24-34-21-25-14-7-4-8-15-25/h2,4-12,14-19,28-33H,1,3,13,20-24H2/t28?,29?,30-,31+,32-/m1/s1. The van der Waals surface area contributed by atoms with Gasteiger partial charge in [0.2, 0.25) is 0 Å². The van der Waals surface area contributed by atoms with E-state index in [0.717, 1.165) is 29.5 Å². The number of rotatable bonds is 15. The molecule has 0 bridgehead atoms. The highest BCUT2D eigenvalue weighted by Crippen LogP contribution is 2.29. The first-order chi connectivity index (χ1) is 18.7. The van der Waals surface area contributed by atoms with Gasteiger partial charge in [0.1, 0.15) is 24.4 Å². The lowest BCUT2D eigenvalue weighted by molar-refractivity contribution is -0.319. The van der Waals surface area contributed by atoms with Crippen LogP contribution in [0.15, 0.2) is 104 Å². The van der Waals surface area contributed by atoms with Crippen molar-refractivity contribution in [3.8, 4) is 0 Å². The van der Waals surface area contributed by atoms with Crippen molar-refractivity contribution in [2.24, 2.45) is 0 Å². The first kappa shape index (κ1) is 28.2. The minimum absolute atomic E-state index is 0.263. The average Bonchev–Trinajstić information content (AvgIpc) is 2.96. The molecule has 1 aliphatic rings. The van der Waals surface area contributed by atoms with Crippen LogP contribution in [0.4, 0.5) is 0 Å². The Hall–Kier alpha value is -2.84. The molecule has 0 amide bonds. The van der Waals surface area contributed by atoms with Gasteiger partial charge in [-0.15, -0.1) is 6.58 Å². The molecule has 0 saturated carbocycles. The lowest BCUT2D eigenvalue weighted by Crippen LogP contribution is -2.61. The van der Waals surface area contributed by atoms with Crippen LogP contribution in [0.1, 0.15) is 29.5 Å². The van der Waals surface area contributed by atoms with Crippen molar-refractivity contribution in [2.75, 3.05) is 13.2 Å². The van der Waals surface area contributed by atoms with Crippen molar-refractivity contribution >= 4 is 0 Å². The molecular weight excluding hydrogens is 480 g/mol. The average molecular weight is 519 g/mol. The van der Waals surface area contributed by atoms with Crippen molar-refractivity contribution in [1.82, 2.24) is 0 Å². The molecule has 1 aliphatic heterocycles. The van der Waals surface area contributed by atoms with Gasteiger partial charge in [-0.1, -0.05) is 97.1 Å². The van der Waals surface area contributed by atoms with Crippen LogP contribution in [0.3, 0.4) is 0 Å². The zero-order valence-electron chi connectivity index (χ0n) is 21.8. The Morgan fingerprint density at radius 2 is 1.24 bits per heavy atom. The molecule has 1 fully saturated rings. The Morgan fingerprint density at radius 1 is 0.711 bits per heavy atom. The Bertz CT molecular complexity index is 1050. The van der Waals surface area contributed by atoms with E-state index in [-0.39, 0.29) is 6.61 Å². The van der Waals surface area contributed by atoms with E-state index < -0.39 is 30.7 Å². The Morgan fingerprint density at radius 3 is 1.79 bits per heavy atom. The Labute approximate surface area is 225 Å². The smallest absolute Gasteiger partial charge is 0.186 e. The summed E-state index contributed by atoms with van der Waals surface area (Å²) in [6, 6.07) is 29.8. The largest absolute Gasteiger partial charge is 0.385 e. The van der Waals surface area contributed by atoms with E-state index in [9.17, 15) is 5.11 Å². The number of allylic oxidation sites excluding steroid dienone is 1. The molecular formula is C32H38O6. The van der Waals surface area contributed by atoms with E-state index in [1.54, 1.807) is 0 Å². The molecule has 4 rings (SSSR count). The van der Waals surface area contributed by atoms with Crippen molar-refractivity contribution < 1.29 is 28.8 Å². The summed E-state index contributed by atoms with van der Waals surface area (Å²) in [5, 5.41) is 11.3. The fourth-order valence-corrected chi connectivity index (χ4v) is 4.39. The van der Waals surface area contributed by atoms with Gasteiger partial charge in [0.15, 0.2) is 6.29 Å². The van der Waals surface area contributed by atoms with Crippen molar-refractivity contribution in [1.29, 1.82) is 0 Å². The van der Waals surface area contributed by atoms with Gasteiger partial charge in [0.25, 0.3) is 0 Å². The van der Waals surface area contributed by atoms with Gasteiger partial charge >= 0.3 is 0 Å². The van der Waals surface area contributed by atoms with Crippen molar-refractivity contribution in [2.45, 2.75) is 63.4 Å². The van der Waals surface area contributed by atoms with Gasteiger partial charge < -0.3 is 28.8 Å². The van der Waals surface area contributed by atoms with Crippen LogP contribution in [-0.4, -0.2) is 49.0 Å². The first-order valence-corrected chi connectivity index (χ1v) is 13.2. The Balaban J connectivity index is 1.50. The summed E-state index contributed by atoms with van der Waals surface area (Å²) in [5.41, 5.74) is 3.10. The summed E-state index contributed by atoms with van der Waals surface area (Å²) < 4.78 is 31.0. The predicted octanol–water partition coefficient (Wildman–Crippen LogP) is 5.44. The lowest BCUT2D eigenvalue weighted by Gasteiger charge is -2.44. The third kappa shape index (κ3) is 8.60. The fourth-order valence-electron chi connectivity index (χ4n) is 4.39. The molecule has 0 aliphatic carbocycles. The van der Waals surface area contributed by atoms with Crippen molar-refractivity contribution in [3.05, 3.63) is 120 Å². The van der Waals surface area contributed by atoms with Crippen molar-refractivity contribution in [3.63, 3.8) is 0 Å². The molecule has 3 aromatic rings. The molecule has 5 atom stereocenters. The number of benzene rings is 3. The quantitative estimate of drug-likeness (QED) is 0.213. The van der Waals surface area contributed by atoms with E-state index in [1.807, 2.05) is 97.1 Å². The number of hydrogen-bond donors (Lipinski definition) is 1. The van der Waals surface area contributed by atoms with Crippen LogP contribution < -0.4 is 0 Å². The number of aliphatic hydroxyl groups excluding tert-OH is 1. The summed E-state index contributed by atoms with van der Waals surface area (Å²) in [6.07, 6.45) is -0.189. The summed E-state index contributed by atoms with van der Waals surface area (Å²) in [6.45, 7) is 5.58. The summed E-state index contributed by atoms with van der Waals surface area (Å²) >= 11 is 0. The van der Waals surface area contributed by atoms with Crippen LogP contribution >= 0.6 is 0 Å². The monoisotopic (exact) mass is 518 g/mol. The second-order valence-corrected chi connectivity index (χ2v) is 9.36. The molecule has 1 heterocycles. The van der Waals surface area contributed by atoms with Gasteiger partial charge in [-0.3, -0.25) is 0 Å². The number of hydrogen-bond acceptors (Lipinski definition) is 6. The summed E-state index contributed by atoms with van der Waals surface area (Å²) in [5.74, 6) is 0. The third-order valence-electron chi connectivity index (χ3n) is 6.41. The molecule has 6 heteroatoms. The molecule has 0 radical (unpaired) electrons. The number of unbranched alkanes of at least 4 members (excludes halogenated alkanes) is 1. The number of ether oxygens (including phenoxy) is 5. The topological polar surface area (TPSA) is 66.4 Å². The summed E-state index contributed by atoms with van der Waals surface area (Å²) in [7, 11) is 0. The van der Waals surface area contributed by atoms with E-state index >= 15 is 0 Å². The van der Waals surface area contributed by atoms with Crippen LogP contribution in [0.25, 0.3) is 0 Å². The first-order valence-electron chi connectivity index (χ1n) is 13.2. The normalized spacial score (nSPS) is 23.2. The Kier molecular flexibility index (Phi) is 11.5. The highest BCUT2D eigenvalue weighted by atomic mass is 16.7. The zero-order chi connectivity index (χ0) is 26.4. The van der Waals surface area contributed by atoms with Crippen LogP contribution in [0.2, 0.25) is 0 Å². The SMILES string of the molecule is C=CCCCO[C@@H]1OC(COCc2ccccc2)[C@@H](OCc2ccccc2)[C@@H](OCc2ccccc2)C1O. The molecule has 0 aromatic heterocycles. The van der Waals surface area contributed by atoms with E-state index in [0.29, 0.717) is 26.4 Å². The molecule has 1 saturated heterocycles. The van der Waals surface area contributed by atoms with Gasteiger partial charge in [-0.25, -0.2) is 0 Å². The second kappa shape index (κ2) is 15.5. The molecule has 2 unspecified atom stereocenters. The maximum atomic E-state index is 11.3. The third-order valence-corrected chi connectivity index (χ3v) is 6.41. The maximum Gasteiger partial charge on any atom is 0.186 e. The highest BCUT2D eigenvalue weighted by Gasteiger charge is 2.47. The molecule has 3 aromatic carbocycles. The summed E-state index contributed by atoms with van der Waals surface area (Å²) in [4.78, 5) is 0. The van der Waals surface area contributed by atoms with Gasteiger partial charge in [-0.2, -0.15) is 0 Å². The van der Waals surface area contributed by atoms with Crippen LogP contribution in [-0.2, 0) is 43.5 Å². The van der Waals surface area contributed by atoms with Gasteiger partial charge in [0.05, 0.1) is 33.0 Å². The maximum absolute atomic E-state index is 11.3. The van der Waals surface area contributed by atoms with Crippen LogP contribution in [0, 0.1) is 0 Å². The lowest BCUT2D eigenvalue weighted by atomic mass is 9.98. The zero-order valence-corrected chi connectivity index (χ0v) is 21.8. The van der Waals surface area contributed by atoms with E-state index in [2.05, 4.69) is 6.58 Å². The van der Waals surface area contributed by atoms with Gasteiger partial charge in [0, 0.05) is 0 Å².